The van der Waals surface area contributed by atoms with Gasteiger partial charge in [-0.15, -0.1) is 0 Å². The Bertz CT molecular complexity index is 339. The molecule has 0 spiro atoms. The summed E-state index contributed by atoms with van der Waals surface area (Å²) in [7, 11) is -3.37. The Morgan fingerprint density at radius 3 is 2.75 bits per heavy atom. The van der Waals surface area contributed by atoms with E-state index in [2.05, 4.69) is 6.92 Å². The summed E-state index contributed by atoms with van der Waals surface area (Å²) in [5.74, 6) is -0.917. The summed E-state index contributed by atoms with van der Waals surface area (Å²) in [5, 5.41) is 8.49. The van der Waals surface area contributed by atoms with Gasteiger partial charge in [-0.3, -0.25) is 4.79 Å². The number of carboxylic acid groups (broad SMARTS) is 1. The Hall–Kier alpha value is -0.620. The minimum absolute atomic E-state index is 0.279. The molecule has 1 atom stereocenters. The summed E-state index contributed by atoms with van der Waals surface area (Å²) < 4.78 is 25.1. The standard InChI is InChI=1S/C10H19NO4S/c1-2-9-4-3-6-11(8-9)16(14,15)7-5-10(12)13/h9H,2-8H2,1H3,(H,12,13). The average Bonchev–Trinajstić information content (AvgIpc) is 2.27. The van der Waals surface area contributed by atoms with Gasteiger partial charge >= 0.3 is 5.97 Å². The number of carboxylic acids is 1. The van der Waals surface area contributed by atoms with Crippen LogP contribution in [-0.2, 0) is 14.8 Å². The molecule has 16 heavy (non-hydrogen) atoms. The summed E-state index contributed by atoms with van der Waals surface area (Å²) in [6.07, 6.45) is 2.62. The molecule has 0 bridgehead atoms. The Labute approximate surface area is 96.5 Å². The van der Waals surface area contributed by atoms with Gasteiger partial charge < -0.3 is 5.11 Å². The lowest BCUT2D eigenvalue weighted by molar-refractivity contribution is -0.136. The molecule has 1 unspecified atom stereocenters. The second-order valence-electron chi connectivity index (χ2n) is 4.23. The molecule has 1 aliphatic heterocycles. The van der Waals surface area contributed by atoms with Crippen LogP contribution in [0.25, 0.3) is 0 Å². The van der Waals surface area contributed by atoms with Crippen molar-refractivity contribution in [3.8, 4) is 0 Å². The van der Waals surface area contributed by atoms with Crippen LogP contribution in [0.2, 0.25) is 0 Å². The van der Waals surface area contributed by atoms with Crippen LogP contribution >= 0.6 is 0 Å². The smallest absolute Gasteiger partial charge is 0.304 e. The molecule has 1 N–H and O–H groups in total. The Morgan fingerprint density at radius 2 is 2.19 bits per heavy atom. The highest BCUT2D eigenvalue weighted by Crippen LogP contribution is 2.21. The molecule has 1 saturated heterocycles. The normalized spacial score (nSPS) is 23.2. The fourth-order valence-corrected chi connectivity index (χ4v) is 3.49. The summed E-state index contributed by atoms with van der Waals surface area (Å²) in [6.45, 7) is 3.15. The second-order valence-corrected chi connectivity index (χ2v) is 6.32. The van der Waals surface area contributed by atoms with E-state index >= 15 is 0 Å². The van der Waals surface area contributed by atoms with Crippen LogP contribution in [0.4, 0.5) is 0 Å². The second kappa shape index (κ2) is 5.63. The molecular weight excluding hydrogens is 230 g/mol. The molecule has 0 aromatic carbocycles. The lowest BCUT2D eigenvalue weighted by Gasteiger charge is -2.31. The van der Waals surface area contributed by atoms with Crippen molar-refractivity contribution >= 4 is 16.0 Å². The Kier molecular flexibility index (Phi) is 4.73. The van der Waals surface area contributed by atoms with Gasteiger partial charge in [-0.1, -0.05) is 13.3 Å². The lowest BCUT2D eigenvalue weighted by atomic mass is 9.97. The van der Waals surface area contributed by atoms with Crippen LogP contribution in [0.15, 0.2) is 0 Å². The van der Waals surface area contributed by atoms with Crippen LogP contribution in [0.1, 0.15) is 32.6 Å². The number of sulfonamides is 1. The fourth-order valence-electron chi connectivity index (χ4n) is 1.96. The molecule has 94 valence electrons. The first-order valence-electron chi connectivity index (χ1n) is 5.65. The zero-order chi connectivity index (χ0) is 12.2. The van der Waals surface area contributed by atoms with Crippen molar-refractivity contribution in [1.29, 1.82) is 0 Å². The van der Waals surface area contributed by atoms with Crippen LogP contribution in [0, 0.1) is 5.92 Å². The highest BCUT2D eigenvalue weighted by molar-refractivity contribution is 7.89. The zero-order valence-corrected chi connectivity index (χ0v) is 10.4. The van der Waals surface area contributed by atoms with Crippen LogP contribution in [0.3, 0.4) is 0 Å². The minimum atomic E-state index is -3.37. The van der Waals surface area contributed by atoms with E-state index in [1.807, 2.05) is 0 Å². The van der Waals surface area contributed by atoms with Gasteiger partial charge in [0.15, 0.2) is 0 Å². The highest BCUT2D eigenvalue weighted by atomic mass is 32.2. The SMILES string of the molecule is CCC1CCCN(S(=O)(=O)CCC(=O)O)C1. The zero-order valence-electron chi connectivity index (χ0n) is 9.55. The van der Waals surface area contributed by atoms with Gasteiger partial charge in [-0.05, 0) is 18.8 Å². The van der Waals surface area contributed by atoms with E-state index in [1.54, 1.807) is 0 Å². The topological polar surface area (TPSA) is 74.7 Å². The Morgan fingerprint density at radius 1 is 1.50 bits per heavy atom. The molecule has 1 aliphatic rings. The van der Waals surface area contributed by atoms with Crippen molar-refractivity contribution in [2.75, 3.05) is 18.8 Å². The van der Waals surface area contributed by atoms with E-state index < -0.39 is 16.0 Å². The van der Waals surface area contributed by atoms with Crippen molar-refractivity contribution in [2.45, 2.75) is 32.6 Å². The molecule has 0 aliphatic carbocycles. The first kappa shape index (κ1) is 13.4. The van der Waals surface area contributed by atoms with E-state index in [9.17, 15) is 13.2 Å². The number of aliphatic carboxylic acids is 1. The largest absolute Gasteiger partial charge is 0.481 e. The van der Waals surface area contributed by atoms with Crippen molar-refractivity contribution < 1.29 is 18.3 Å². The predicted octanol–water partition coefficient (Wildman–Crippen LogP) is 0.913. The third-order valence-electron chi connectivity index (χ3n) is 3.03. The third-order valence-corrected chi connectivity index (χ3v) is 4.86. The number of hydrogen-bond acceptors (Lipinski definition) is 3. The quantitative estimate of drug-likeness (QED) is 0.786. The first-order chi connectivity index (χ1) is 7.45. The maximum Gasteiger partial charge on any atom is 0.304 e. The Balaban J connectivity index is 2.57. The minimum Gasteiger partial charge on any atom is -0.481 e. The number of piperidine rings is 1. The molecule has 0 aromatic heterocycles. The first-order valence-corrected chi connectivity index (χ1v) is 7.26. The predicted molar refractivity (Wildman–Crippen MR) is 60.6 cm³/mol. The summed E-state index contributed by atoms with van der Waals surface area (Å²) in [6, 6.07) is 0. The monoisotopic (exact) mass is 249 g/mol. The molecule has 1 heterocycles. The van der Waals surface area contributed by atoms with Crippen molar-refractivity contribution in [1.82, 2.24) is 4.31 Å². The molecular formula is C10H19NO4S. The van der Waals surface area contributed by atoms with Crippen LogP contribution < -0.4 is 0 Å². The number of rotatable bonds is 5. The van der Waals surface area contributed by atoms with Crippen LogP contribution in [-0.4, -0.2) is 42.6 Å². The van der Waals surface area contributed by atoms with Gasteiger partial charge in [0, 0.05) is 13.1 Å². The number of hydrogen-bond donors (Lipinski definition) is 1. The summed E-state index contributed by atoms with van der Waals surface area (Å²) in [4.78, 5) is 10.4. The van der Waals surface area contributed by atoms with Gasteiger partial charge in [0.25, 0.3) is 0 Å². The average molecular weight is 249 g/mol. The molecule has 6 heteroatoms. The summed E-state index contributed by atoms with van der Waals surface area (Å²) >= 11 is 0. The van der Waals surface area contributed by atoms with E-state index in [-0.39, 0.29) is 12.2 Å². The molecule has 0 radical (unpaired) electrons. The van der Waals surface area contributed by atoms with Gasteiger partial charge in [-0.25, -0.2) is 12.7 Å². The molecule has 5 nitrogen and oxygen atoms in total. The van der Waals surface area contributed by atoms with Gasteiger partial charge in [-0.2, -0.15) is 0 Å². The molecule has 0 amide bonds. The highest BCUT2D eigenvalue weighted by Gasteiger charge is 2.28. The van der Waals surface area contributed by atoms with Gasteiger partial charge in [0.05, 0.1) is 12.2 Å². The van der Waals surface area contributed by atoms with E-state index in [0.717, 1.165) is 19.3 Å². The van der Waals surface area contributed by atoms with Crippen molar-refractivity contribution in [3.05, 3.63) is 0 Å². The fraction of sp³-hybridized carbons (Fsp3) is 0.900. The third kappa shape index (κ3) is 3.75. The lowest BCUT2D eigenvalue weighted by Crippen LogP contribution is -2.41. The van der Waals surface area contributed by atoms with E-state index in [1.165, 1.54) is 4.31 Å². The van der Waals surface area contributed by atoms with Gasteiger partial charge in [0.2, 0.25) is 10.0 Å². The maximum atomic E-state index is 11.8. The van der Waals surface area contributed by atoms with Crippen LogP contribution in [0.5, 0.6) is 0 Å². The summed E-state index contributed by atoms with van der Waals surface area (Å²) in [5.41, 5.74) is 0. The molecule has 0 aromatic rings. The van der Waals surface area contributed by atoms with E-state index in [4.69, 9.17) is 5.11 Å². The molecule has 1 rings (SSSR count). The number of carbonyl (C=O) groups is 1. The maximum absolute atomic E-state index is 11.8. The number of nitrogens with zero attached hydrogens (tertiary/aromatic N) is 1. The van der Waals surface area contributed by atoms with Crippen molar-refractivity contribution in [3.63, 3.8) is 0 Å². The molecule has 0 saturated carbocycles. The van der Waals surface area contributed by atoms with Gasteiger partial charge in [0.1, 0.15) is 0 Å². The molecule has 1 fully saturated rings. The van der Waals surface area contributed by atoms with Crippen molar-refractivity contribution in [2.24, 2.45) is 5.92 Å². The van der Waals surface area contributed by atoms with E-state index in [0.29, 0.717) is 19.0 Å².